The molecular formula is C17H20O7. The van der Waals surface area contributed by atoms with Crippen LogP contribution in [0.4, 0.5) is 0 Å². The average Bonchev–Trinajstić information content (AvgIpc) is 2.52. The molecule has 0 aromatic heterocycles. The molecule has 0 saturated heterocycles. The van der Waals surface area contributed by atoms with Gasteiger partial charge < -0.3 is 19.7 Å². The van der Waals surface area contributed by atoms with Crippen molar-refractivity contribution in [1.82, 2.24) is 0 Å². The second-order valence-electron chi connectivity index (χ2n) is 6.12. The van der Waals surface area contributed by atoms with E-state index in [9.17, 15) is 24.6 Å². The SMILES string of the molecule is COC(=O)[C@@H]1C(=O)C[C@](C)(O)[C@@H](C(=O)OC)[C@H]1c1cccc(O)c1. The van der Waals surface area contributed by atoms with Gasteiger partial charge in [-0.05, 0) is 24.6 Å². The Hall–Kier alpha value is -2.41. The fourth-order valence-corrected chi connectivity index (χ4v) is 3.40. The van der Waals surface area contributed by atoms with Crippen LogP contribution in [0.1, 0.15) is 24.8 Å². The van der Waals surface area contributed by atoms with Crippen molar-refractivity contribution in [2.75, 3.05) is 14.2 Å². The number of carbonyl (C=O) groups excluding carboxylic acids is 3. The number of ether oxygens (including phenoxy) is 2. The zero-order valence-corrected chi connectivity index (χ0v) is 13.7. The maximum absolute atomic E-state index is 12.5. The minimum atomic E-state index is -1.69. The number of phenols is 1. The molecule has 1 fully saturated rings. The Morgan fingerprint density at radius 2 is 1.83 bits per heavy atom. The molecule has 1 saturated carbocycles. The third kappa shape index (κ3) is 3.12. The van der Waals surface area contributed by atoms with E-state index < -0.39 is 41.1 Å². The highest BCUT2D eigenvalue weighted by atomic mass is 16.5. The van der Waals surface area contributed by atoms with Gasteiger partial charge in [0.05, 0.1) is 25.7 Å². The van der Waals surface area contributed by atoms with E-state index in [-0.39, 0.29) is 12.2 Å². The quantitative estimate of drug-likeness (QED) is 0.620. The molecule has 1 aliphatic carbocycles. The van der Waals surface area contributed by atoms with Gasteiger partial charge in [-0.25, -0.2) is 0 Å². The number of carbonyl (C=O) groups is 3. The van der Waals surface area contributed by atoms with E-state index in [1.807, 2.05) is 0 Å². The lowest BCUT2D eigenvalue weighted by molar-refractivity contribution is -0.170. The molecule has 130 valence electrons. The number of ketones is 1. The van der Waals surface area contributed by atoms with Crippen LogP contribution in [-0.4, -0.2) is 47.8 Å². The monoisotopic (exact) mass is 336 g/mol. The summed E-state index contributed by atoms with van der Waals surface area (Å²) in [6.07, 6.45) is -0.373. The Morgan fingerprint density at radius 3 is 2.38 bits per heavy atom. The van der Waals surface area contributed by atoms with Gasteiger partial charge >= 0.3 is 11.9 Å². The lowest BCUT2D eigenvalue weighted by Crippen LogP contribution is -2.55. The Bertz CT molecular complexity index is 665. The molecule has 4 atom stereocenters. The lowest BCUT2D eigenvalue weighted by atomic mass is 9.61. The molecule has 1 aliphatic rings. The number of benzene rings is 1. The molecule has 24 heavy (non-hydrogen) atoms. The highest BCUT2D eigenvalue weighted by molar-refractivity contribution is 6.02. The summed E-state index contributed by atoms with van der Waals surface area (Å²) in [7, 11) is 2.32. The molecule has 0 heterocycles. The number of aliphatic hydroxyl groups is 1. The summed E-state index contributed by atoms with van der Waals surface area (Å²) >= 11 is 0. The van der Waals surface area contributed by atoms with E-state index in [0.717, 1.165) is 7.11 Å². The molecule has 0 radical (unpaired) electrons. The van der Waals surface area contributed by atoms with Crippen LogP contribution >= 0.6 is 0 Å². The van der Waals surface area contributed by atoms with Crippen molar-refractivity contribution in [3.8, 4) is 5.75 Å². The summed E-state index contributed by atoms with van der Waals surface area (Å²) in [5.74, 6) is -5.58. The normalized spacial score (nSPS) is 29.8. The fraction of sp³-hybridized carbons (Fsp3) is 0.471. The molecule has 0 spiro atoms. The highest BCUT2D eigenvalue weighted by Gasteiger charge is 2.56. The number of rotatable bonds is 3. The maximum atomic E-state index is 12.5. The summed E-state index contributed by atoms with van der Waals surface area (Å²) in [5, 5.41) is 20.4. The van der Waals surface area contributed by atoms with E-state index in [1.165, 1.54) is 32.2 Å². The van der Waals surface area contributed by atoms with Crippen molar-refractivity contribution >= 4 is 17.7 Å². The van der Waals surface area contributed by atoms with Gasteiger partial charge in [0.25, 0.3) is 0 Å². The van der Waals surface area contributed by atoms with Crippen LogP contribution in [0.5, 0.6) is 5.75 Å². The van der Waals surface area contributed by atoms with Crippen LogP contribution in [0, 0.1) is 11.8 Å². The molecular weight excluding hydrogens is 316 g/mol. The number of aromatic hydroxyl groups is 1. The van der Waals surface area contributed by atoms with E-state index in [0.29, 0.717) is 5.56 Å². The van der Waals surface area contributed by atoms with Gasteiger partial charge in [-0.1, -0.05) is 12.1 Å². The van der Waals surface area contributed by atoms with Gasteiger partial charge in [-0.15, -0.1) is 0 Å². The number of esters is 2. The third-order valence-electron chi connectivity index (χ3n) is 4.43. The maximum Gasteiger partial charge on any atom is 0.316 e. The molecule has 2 rings (SSSR count). The van der Waals surface area contributed by atoms with Crippen molar-refractivity contribution in [3.05, 3.63) is 29.8 Å². The van der Waals surface area contributed by atoms with E-state index in [2.05, 4.69) is 0 Å². The number of phenolic OH excluding ortho intramolecular Hbond substituents is 1. The number of Topliss-reactive ketones (excluding diaryl/α,β-unsaturated/α-hetero) is 1. The standard InChI is InChI=1S/C17H20O7/c1-17(22)8-11(19)13(15(20)23-2)12(14(17)16(21)24-3)9-5-4-6-10(18)7-9/h4-7,12-14,18,22H,8H2,1-3H3/t12-,13+,14+,17-/m0/s1. The fourth-order valence-electron chi connectivity index (χ4n) is 3.40. The first kappa shape index (κ1) is 17.9. The second kappa shape index (κ2) is 6.60. The molecule has 7 nitrogen and oxygen atoms in total. The van der Waals surface area contributed by atoms with Crippen molar-refractivity contribution in [3.63, 3.8) is 0 Å². The van der Waals surface area contributed by atoms with Gasteiger partial charge in [0.1, 0.15) is 11.7 Å². The Balaban J connectivity index is 2.65. The second-order valence-corrected chi connectivity index (χ2v) is 6.12. The van der Waals surface area contributed by atoms with Crippen LogP contribution in [0.2, 0.25) is 0 Å². The van der Waals surface area contributed by atoms with E-state index in [4.69, 9.17) is 9.47 Å². The summed E-state index contributed by atoms with van der Waals surface area (Å²) in [4.78, 5) is 36.9. The highest BCUT2D eigenvalue weighted by Crippen LogP contribution is 2.47. The molecule has 1 aromatic carbocycles. The van der Waals surface area contributed by atoms with Crippen molar-refractivity contribution in [1.29, 1.82) is 0 Å². The largest absolute Gasteiger partial charge is 0.508 e. The predicted molar refractivity (Wildman–Crippen MR) is 82.1 cm³/mol. The van der Waals surface area contributed by atoms with E-state index >= 15 is 0 Å². The van der Waals surface area contributed by atoms with Gasteiger partial charge in [-0.3, -0.25) is 14.4 Å². The van der Waals surface area contributed by atoms with Crippen molar-refractivity contribution < 1.29 is 34.1 Å². The van der Waals surface area contributed by atoms with E-state index in [1.54, 1.807) is 6.07 Å². The van der Waals surface area contributed by atoms with Crippen LogP contribution in [0.25, 0.3) is 0 Å². The van der Waals surface area contributed by atoms with Crippen LogP contribution < -0.4 is 0 Å². The Morgan fingerprint density at radius 1 is 1.21 bits per heavy atom. The van der Waals surface area contributed by atoms with Gasteiger partial charge in [0, 0.05) is 12.3 Å². The first-order chi connectivity index (χ1) is 11.2. The first-order valence-electron chi connectivity index (χ1n) is 7.42. The topological polar surface area (TPSA) is 110 Å². The third-order valence-corrected chi connectivity index (χ3v) is 4.43. The number of hydrogen-bond acceptors (Lipinski definition) is 7. The Labute approximate surface area is 139 Å². The van der Waals surface area contributed by atoms with Gasteiger partial charge in [0.15, 0.2) is 5.78 Å². The zero-order chi connectivity index (χ0) is 18.1. The smallest absolute Gasteiger partial charge is 0.316 e. The van der Waals surface area contributed by atoms with Crippen LogP contribution in [-0.2, 0) is 23.9 Å². The minimum Gasteiger partial charge on any atom is -0.508 e. The molecule has 0 amide bonds. The molecule has 7 heteroatoms. The Kier molecular flexibility index (Phi) is 4.94. The number of methoxy groups -OCH3 is 2. The average molecular weight is 336 g/mol. The zero-order valence-electron chi connectivity index (χ0n) is 13.7. The summed E-state index contributed by atoms with van der Waals surface area (Å²) in [6, 6.07) is 5.88. The molecule has 2 N–H and O–H groups in total. The predicted octanol–water partition coefficient (Wildman–Crippen LogP) is 0.778. The first-order valence-corrected chi connectivity index (χ1v) is 7.42. The molecule has 0 bridgehead atoms. The summed E-state index contributed by atoms with van der Waals surface area (Å²) < 4.78 is 9.50. The number of hydrogen-bond donors (Lipinski definition) is 2. The van der Waals surface area contributed by atoms with Crippen molar-refractivity contribution in [2.45, 2.75) is 24.9 Å². The van der Waals surface area contributed by atoms with Crippen molar-refractivity contribution in [2.24, 2.45) is 11.8 Å². The summed E-state index contributed by atoms with van der Waals surface area (Å²) in [5.41, 5.74) is -1.32. The lowest BCUT2D eigenvalue weighted by Gasteiger charge is -2.43. The molecule has 0 unspecified atom stereocenters. The summed E-state index contributed by atoms with van der Waals surface area (Å²) in [6.45, 7) is 1.36. The molecule has 0 aliphatic heterocycles. The van der Waals surface area contributed by atoms with Crippen LogP contribution in [0.3, 0.4) is 0 Å². The van der Waals surface area contributed by atoms with Crippen LogP contribution in [0.15, 0.2) is 24.3 Å². The van der Waals surface area contributed by atoms with Gasteiger partial charge in [-0.2, -0.15) is 0 Å². The minimum absolute atomic E-state index is 0.0857. The van der Waals surface area contributed by atoms with Gasteiger partial charge in [0.2, 0.25) is 0 Å². The molecule has 1 aromatic rings.